The summed E-state index contributed by atoms with van der Waals surface area (Å²) in [5.41, 5.74) is 0.855. The van der Waals surface area contributed by atoms with Gasteiger partial charge in [-0.1, -0.05) is 13.2 Å². The van der Waals surface area contributed by atoms with Gasteiger partial charge in [0.1, 0.15) is 35.2 Å². The Balaban J connectivity index is 0.936. The van der Waals surface area contributed by atoms with Crippen molar-refractivity contribution < 1.29 is 71.4 Å². The average Bonchev–Trinajstić information content (AvgIpc) is 3.83. The summed E-state index contributed by atoms with van der Waals surface area (Å²) in [7, 11) is 0. The molecule has 2 fully saturated rings. The maximum atomic E-state index is 13.0. The van der Waals surface area contributed by atoms with Gasteiger partial charge in [0.15, 0.2) is 24.6 Å². The van der Waals surface area contributed by atoms with Crippen molar-refractivity contribution in [2.75, 3.05) is 26.6 Å². The predicted molar refractivity (Wildman–Crippen MR) is 196 cm³/mol. The van der Waals surface area contributed by atoms with Gasteiger partial charge < -0.3 is 42.6 Å². The van der Waals surface area contributed by atoms with Crippen LogP contribution in [-0.2, 0) is 33.3 Å². The Bertz CT molecular complexity index is 2120. The number of hydrogen-bond acceptors (Lipinski definition) is 15. The Kier molecular flexibility index (Phi) is 12.8. The third kappa shape index (κ3) is 10.4. The fourth-order valence-corrected chi connectivity index (χ4v) is 5.49. The lowest BCUT2D eigenvalue weighted by atomic mass is 10.1. The molecule has 2 saturated heterocycles. The van der Waals surface area contributed by atoms with Crippen molar-refractivity contribution >= 4 is 35.6 Å². The topological polar surface area (TPSA) is 185 Å². The molecule has 0 amide bonds. The Morgan fingerprint density at radius 3 is 1.32 bits per heavy atom. The van der Waals surface area contributed by atoms with E-state index in [9.17, 15) is 28.8 Å². The predicted octanol–water partition coefficient (Wildman–Crippen LogP) is 4.87. The summed E-state index contributed by atoms with van der Waals surface area (Å²) in [5.74, 6) is -2.38. The van der Waals surface area contributed by atoms with Gasteiger partial charge >= 0.3 is 29.8 Å². The molecule has 4 aromatic rings. The van der Waals surface area contributed by atoms with Gasteiger partial charge in [-0.15, -0.1) is 0 Å². The van der Waals surface area contributed by atoms with Crippen molar-refractivity contribution in [3.8, 4) is 23.0 Å². The number of benzene rings is 4. The molecule has 0 saturated carbocycles. The van der Waals surface area contributed by atoms with Crippen molar-refractivity contribution in [3.63, 3.8) is 0 Å². The zero-order valence-corrected chi connectivity index (χ0v) is 30.1. The quantitative estimate of drug-likeness (QED) is 0.0493. The van der Waals surface area contributed by atoms with Gasteiger partial charge in [-0.2, -0.15) is 0 Å². The van der Waals surface area contributed by atoms with Crippen LogP contribution in [0.5, 0.6) is 23.0 Å². The lowest BCUT2D eigenvalue weighted by molar-refractivity contribution is -0.144. The molecule has 2 heterocycles. The number of ether oxygens (including phenoxy) is 9. The smallest absolute Gasteiger partial charge is 0.343 e. The fraction of sp³-hybridized carbons (Fsp3) is 0.190. The van der Waals surface area contributed by atoms with E-state index in [4.69, 9.17) is 42.6 Å². The second-order valence-electron chi connectivity index (χ2n) is 12.2. The molecule has 0 aromatic heterocycles. The molecule has 0 N–H and O–H groups in total. The van der Waals surface area contributed by atoms with Crippen molar-refractivity contribution in [3.05, 3.63) is 145 Å². The van der Waals surface area contributed by atoms with E-state index in [1.807, 2.05) is 0 Å². The summed E-state index contributed by atoms with van der Waals surface area (Å²) >= 11 is 0. The minimum atomic E-state index is -0.774. The molecule has 0 bridgehead atoms. The second-order valence-corrected chi connectivity index (χ2v) is 12.2. The van der Waals surface area contributed by atoms with Gasteiger partial charge in [0.05, 0.1) is 35.5 Å². The van der Waals surface area contributed by atoms with E-state index in [2.05, 4.69) is 13.2 Å². The van der Waals surface area contributed by atoms with Crippen LogP contribution >= 0.6 is 0 Å². The molecular weight excluding hydrogens is 744 g/mol. The number of carbonyl (C=O) groups is 6. The van der Waals surface area contributed by atoms with E-state index in [0.717, 1.165) is 12.2 Å². The van der Waals surface area contributed by atoms with Crippen LogP contribution in [0.1, 0.15) is 41.4 Å². The average molecular weight is 779 g/mol. The molecular formula is C42H34O15. The summed E-state index contributed by atoms with van der Waals surface area (Å²) in [4.78, 5) is 73.6. The van der Waals surface area contributed by atoms with Crippen LogP contribution in [-0.4, -0.2) is 86.7 Å². The van der Waals surface area contributed by atoms with Crippen LogP contribution in [0.2, 0.25) is 0 Å². The SMILES string of the molecule is C=CC(=O)COc1ccc(C(=O)Oc2ccc(C(=O)O[C@H]3CO[C@H]4[C@@H]3OC[C@H]4OC(=O)c3ccc(OC(=O)c4ccc(OCOC(=O)C=C)cc4)cc3)cc2)cc1. The van der Waals surface area contributed by atoms with Gasteiger partial charge in [-0.3, -0.25) is 4.79 Å². The first-order valence-electron chi connectivity index (χ1n) is 17.3. The Morgan fingerprint density at radius 1 is 0.526 bits per heavy atom. The summed E-state index contributed by atoms with van der Waals surface area (Å²) < 4.78 is 49.1. The number of hydrogen-bond donors (Lipinski definition) is 0. The highest BCUT2D eigenvalue weighted by Gasteiger charge is 2.51. The summed E-state index contributed by atoms with van der Waals surface area (Å²) in [5, 5.41) is 0. The maximum absolute atomic E-state index is 13.0. The molecule has 292 valence electrons. The molecule has 0 unspecified atom stereocenters. The van der Waals surface area contributed by atoms with Gasteiger partial charge in [-0.05, 0) is 103 Å². The van der Waals surface area contributed by atoms with Crippen molar-refractivity contribution in [1.82, 2.24) is 0 Å². The standard InChI is InChI=1S/C42H34O15/c1-3-29(43)21-49-30-13-5-25(6-14-30)39(45)54-32-17-9-27(10-18-32)41(47)56-34-22-50-38-35(23-51-37(34)38)57-42(48)28-11-19-33(20-12-28)55-40(46)26-7-15-31(16-8-26)52-24-53-36(44)4-2/h3-20,34-35,37-38H,1-2,21-24H2/t34-,35+,37+,38+/m0/s1. The van der Waals surface area contributed by atoms with Gasteiger partial charge in [0.2, 0.25) is 6.79 Å². The number of rotatable bonds is 16. The van der Waals surface area contributed by atoms with E-state index in [-0.39, 0.29) is 66.1 Å². The Morgan fingerprint density at radius 2 is 0.912 bits per heavy atom. The Labute approximate surface area is 325 Å². The van der Waals surface area contributed by atoms with E-state index in [0.29, 0.717) is 11.5 Å². The zero-order chi connectivity index (χ0) is 40.3. The normalized spacial score (nSPS) is 17.9. The number of ketones is 1. The van der Waals surface area contributed by atoms with Crippen molar-refractivity contribution in [1.29, 1.82) is 0 Å². The zero-order valence-electron chi connectivity index (χ0n) is 30.1. The van der Waals surface area contributed by atoms with Crippen LogP contribution in [0.3, 0.4) is 0 Å². The van der Waals surface area contributed by atoms with Gasteiger partial charge in [0, 0.05) is 6.08 Å². The summed E-state index contributed by atoms with van der Waals surface area (Å²) in [6.07, 6.45) is -0.738. The number of esters is 5. The van der Waals surface area contributed by atoms with Gasteiger partial charge in [-0.25, -0.2) is 24.0 Å². The third-order valence-corrected chi connectivity index (χ3v) is 8.46. The lowest BCUT2D eigenvalue weighted by Gasteiger charge is -2.17. The summed E-state index contributed by atoms with van der Waals surface area (Å²) in [6.45, 7) is 6.21. The van der Waals surface area contributed by atoms with Crippen molar-refractivity contribution in [2.45, 2.75) is 24.4 Å². The first-order chi connectivity index (χ1) is 27.6. The number of carbonyl (C=O) groups excluding carboxylic acids is 6. The van der Waals surface area contributed by atoms with Crippen LogP contribution in [0, 0.1) is 0 Å². The van der Waals surface area contributed by atoms with E-state index < -0.39 is 54.3 Å². The highest BCUT2D eigenvalue weighted by Crippen LogP contribution is 2.32. The van der Waals surface area contributed by atoms with Crippen LogP contribution in [0.15, 0.2) is 122 Å². The molecule has 15 nitrogen and oxygen atoms in total. The highest BCUT2D eigenvalue weighted by atomic mass is 16.7. The minimum Gasteiger partial charge on any atom is -0.485 e. The second kappa shape index (κ2) is 18.5. The van der Waals surface area contributed by atoms with Crippen LogP contribution in [0.4, 0.5) is 0 Å². The fourth-order valence-electron chi connectivity index (χ4n) is 5.49. The number of fused-ring (bicyclic) bond motifs is 1. The highest BCUT2D eigenvalue weighted by molar-refractivity contribution is 5.93. The molecule has 2 aliphatic rings. The largest absolute Gasteiger partial charge is 0.485 e. The van der Waals surface area contributed by atoms with E-state index in [1.54, 1.807) is 0 Å². The first-order valence-corrected chi connectivity index (χ1v) is 17.3. The van der Waals surface area contributed by atoms with E-state index >= 15 is 0 Å². The molecule has 0 spiro atoms. The Hall–Kier alpha value is -7.10. The van der Waals surface area contributed by atoms with Gasteiger partial charge in [0.25, 0.3) is 0 Å². The van der Waals surface area contributed by atoms with Crippen LogP contribution in [0.25, 0.3) is 0 Å². The van der Waals surface area contributed by atoms with Crippen molar-refractivity contribution in [2.24, 2.45) is 0 Å². The van der Waals surface area contributed by atoms with E-state index in [1.165, 1.54) is 97.1 Å². The minimum absolute atomic E-state index is 0.0133. The molecule has 57 heavy (non-hydrogen) atoms. The molecule has 0 radical (unpaired) electrons. The molecule has 6 rings (SSSR count). The molecule has 4 atom stereocenters. The lowest BCUT2D eigenvalue weighted by Crippen LogP contribution is -2.36. The molecule has 15 heteroatoms. The summed E-state index contributed by atoms with van der Waals surface area (Å²) in [6, 6.07) is 23.6. The molecule has 2 aliphatic heterocycles. The maximum Gasteiger partial charge on any atom is 0.343 e. The molecule has 0 aliphatic carbocycles. The third-order valence-electron chi connectivity index (χ3n) is 8.46. The van der Waals surface area contributed by atoms with Crippen LogP contribution < -0.4 is 18.9 Å². The molecule has 4 aromatic carbocycles. The monoisotopic (exact) mass is 778 g/mol. The first kappa shape index (κ1) is 39.6.